The zero-order valence-corrected chi connectivity index (χ0v) is 20.0. The van der Waals surface area contributed by atoms with Crippen molar-refractivity contribution in [2.24, 2.45) is 5.92 Å². The fourth-order valence-corrected chi connectivity index (χ4v) is 4.36. The number of aromatic nitrogens is 3. The van der Waals surface area contributed by atoms with E-state index in [1.807, 2.05) is 30.3 Å². The van der Waals surface area contributed by atoms with E-state index in [1.165, 1.54) is 12.1 Å². The van der Waals surface area contributed by atoms with Gasteiger partial charge in [0, 0.05) is 25.0 Å². The Morgan fingerprint density at radius 1 is 0.889 bits per heavy atom. The molecule has 1 aliphatic rings. The van der Waals surface area contributed by atoms with Crippen molar-refractivity contribution in [1.82, 2.24) is 20.3 Å². The molecule has 3 N–H and O–H groups in total. The molecule has 0 spiro atoms. The van der Waals surface area contributed by atoms with E-state index in [4.69, 9.17) is 0 Å². The van der Waals surface area contributed by atoms with Gasteiger partial charge in [-0.15, -0.1) is 0 Å². The van der Waals surface area contributed by atoms with Crippen molar-refractivity contribution in [1.29, 1.82) is 0 Å². The third kappa shape index (κ3) is 6.93. The average molecular weight is 499 g/mol. The SMILES string of the molecule is Cc1nc(NCc2ccccc2)nc(N[C@H]2CC[C@@H](C(=O)NCc3ccccc3C(F)(F)F)CC2)n1. The zero-order chi connectivity index (χ0) is 25.5. The summed E-state index contributed by atoms with van der Waals surface area (Å²) in [6, 6.07) is 15.4. The van der Waals surface area contributed by atoms with Gasteiger partial charge in [0.2, 0.25) is 17.8 Å². The van der Waals surface area contributed by atoms with Crippen LogP contribution in [0.5, 0.6) is 0 Å². The molecule has 1 amide bonds. The number of carbonyl (C=O) groups is 1. The van der Waals surface area contributed by atoms with Crippen LogP contribution in [0.2, 0.25) is 0 Å². The number of benzene rings is 2. The summed E-state index contributed by atoms with van der Waals surface area (Å²) in [5.41, 5.74) is 0.461. The van der Waals surface area contributed by atoms with Crippen molar-refractivity contribution in [3.8, 4) is 0 Å². The predicted octanol–water partition coefficient (Wildman–Crippen LogP) is 5.10. The first-order valence-corrected chi connectivity index (χ1v) is 12.0. The number of alkyl halides is 3. The summed E-state index contributed by atoms with van der Waals surface area (Å²) in [5, 5.41) is 9.25. The highest BCUT2D eigenvalue weighted by Crippen LogP contribution is 2.32. The second-order valence-electron chi connectivity index (χ2n) is 8.93. The van der Waals surface area contributed by atoms with E-state index in [0.29, 0.717) is 37.1 Å². The molecule has 0 saturated heterocycles. The Labute approximate surface area is 208 Å². The highest BCUT2D eigenvalue weighted by molar-refractivity contribution is 5.78. The van der Waals surface area contributed by atoms with Crippen LogP contribution in [0.25, 0.3) is 0 Å². The minimum Gasteiger partial charge on any atom is -0.352 e. The van der Waals surface area contributed by atoms with Crippen LogP contribution in [0, 0.1) is 12.8 Å². The number of hydrogen-bond acceptors (Lipinski definition) is 6. The number of anilines is 2. The van der Waals surface area contributed by atoms with Gasteiger partial charge in [0.05, 0.1) is 5.56 Å². The summed E-state index contributed by atoms with van der Waals surface area (Å²) in [4.78, 5) is 25.8. The summed E-state index contributed by atoms with van der Waals surface area (Å²) in [7, 11) is 0. The number of aryl methyl sites for hydroxylation is 1. The lowest BCUT2D eigenvalue weighted by Gasteiger charge is -2.28. The van der Waals surface area contributed by atoms with Crippen molar-refractivity contribution in [3.63, 3.8) is 0 Å². The van der Waals surface area contributed by atoms with Gasteiger partial charge in [-0.25, -0.2) is 0 Å². The second-order valence-corrected chi connectivity index (χ2v) is 8.93. The van der Waals surface area contributed by atoms with Crippen molar-refractivity contribution in [2.75, 3.05) is 10.6 Å². The Kier molecular flexibility index (Phi) is 8.02. The van der Waals surface area contributed by atoms with E-state index in [9.17, 15) is 18.0 Å². The molecule has 0 atom stereocenters. The van der Waals surface area contributed by atoms with Crippen molar-refractivity contribution in [3.05, 3.63) is 77.1 Å². The largest absolute Gasteiger partial charge is 0.416 e. The van der Waals surface area contributed by atoms with Gasteiger partial charge in [-0.1, -0.05) is 48.5 Å². The summed E-state index contributed by atoms with van der Waals surface area (Å²) >= 11 is 0. The lowest BCUT2D eigenvalue weighted by atomic mass is 9.85. The smallest absolute Gasteiger partial charge is 0.352 e. The summed E-state index contributed by atoms with van der Waals surface area (Å²) < 4.78 is 39.5. The van der Waals surface area contributed by atoms with Crippen LogP contribution in [-0.2, 0) is 24.1 Å². The van der Waals surface area contributed by atoms with Crippen molar-refractivity contribution in [2.45, 2.75) is 57.9 Å². The fourth-order valence-electron chi connectivity index (χ4n) is 4.36. The van der Waals surface area contributed by atoms with E-state index in [1.54, 1.807) is 13.0 Å². The Bertz CT molecular complexity index is 1160. The van der Waals surface area contributed by atoms with E-state index in [-0.39, 0.29) is 30.0 Å². The van der Waals surface area contributed by atoms with Crippen LogP contribution in [0.15, 0.2) is 54.6 Å². The minimum absolute atomic E-state index is 0.0654. The summed E-state index contributed by atoms with van der Waals surface area (Å²) in [6.45, 7) is 2.26. The maximum atomic E-state index is 13.2. The molecule has 0 bridgehead atoms. The Morgan fingerprint density at radius 2 is 1.56 bits per heavy atom. The third-order valence-corrected chi connectivity index (χ3v) is 6.25. The summed E-state index contributed by atoms with van der Waals surface area (Å²) in [5.74, 6) is 1.11. The third-order valence-electron chi connectivity index (χ3n) is 6.25. The van der Waals surface area contributed by atoms with Gasteiger partial charge in [-0.05, 0) is 49.8 Å². The summed E-state index contributed by atoms with van der Waals surface area (Å²) in [6.07, 6.45) is -1.72. The van der Waals surface area contributed by atoms with Crippen LogP contribution in [0.3, 0.4) is 0 Å². The molecule has 1 fully saturated rings. The van der Waals surface area contributed by atoms with E-state index in [2.05, 4.69) is 30.9 Å². The van der Waals surface area contributed by atoms with Crippen LogP contribution < -0.4 is 16.0 Å². The first-order chi connectivity index (χ1) is 17.3. The molecule has 4 rings (SSSR count). The van der Waals surface area contributed by atoms with Gasteiger partial charge in [-0.3, -0.25) is 4.79 Å². The Hall–Kier alpha value is -3.69. The molecule has 3 aromatic rings. The monoisotopic (exact) mass is 498 g/mol. The fraction of sp³-hybridized carbons (Fsp3) is 0.385. The van der Waals surface area contributed by atoms with Crippen LogP contribution in [0.1, 0.15) is 48.2 Å². The van der Waals surface area contributed by atoms with Gasteiger partial charge in [0.1, 0.15) is 5.82 Å². The lowest BCUT2D eigenvalue weighted by Crippen LogP contribution is -2.36. The standard InChI is InChI=1S/C26H29F3N6O/c1-17-32-24(31-15-18-7-3-2-4-8-18)35-25(33-17)34-21-13-11-19(12-14-21)23(36)30-16-20-9-5-6-10-22(20)26(27,28)29/h2-10,19,21H,11-16H2,1H3,(H,30,36)(H2,31,32,33,34,35)/t19-,21+. The Morgan fingerprint density at radius 3 is 2.28 bits per heavy atom. The molecule has 0 unspecified atom stereocenters. The van der Waals surface area contributed by atoms with Gasteiger partial charge in [0.15, 0.2) is 0 Å². The lowest BCUT2D eigenvalue weighted by molar-refractivity contribution is -0.138. The number of nitrogens with zero attached hydrogens (tertiary/aromatic N) is 3. The molecule has 0 radical (unpaired) electrons. The quantitative estimate of drug-likeness (QED) is 0.400. The van der Waals surface area contributed by atoms with Crippen LogP contribution >= 0.6 is 0 Å². The number of rotatable bonds is 8. The van der Waals surface area contributed by atoms with Gasteiger partial charge in [-0.2, -0.15) is 28.1 Å². The number of amides is 1. The molecule has 1 heterocycles. The molecule has 0 aliphatic heterocycles. The van der Waals surface area contributed by atoms with Crippen molar-refractivity contribution < 1.29 is 18.0 Å². The maximum absolute atomic E-state index is 13.2. The van der Waals surface area contributed by atoms with Crippen LogP contribution in [-0.4, -0.2) is 26.9 Å². The molecular formula is C26H29F3N6O. The molecule has 36 heavy (non-hydrogen) atoms. The number of halogens is 3. The van der Waals surface area contributed by atoms with Crippen LogP contribution in [0.4, 0.5) is 25.1 Å². The molecule has 7 nitrogen and oxygen atoms in total. The number of carbonyl (C=O) groups excluding carboxylic acids is 1. The highest BCUT2D eigenvalue weighted by Gasteiger charge is 2.33. The maximum Gasteiger partial charge on any atom is 0.416 e. The van der Waals surface area contributed by atoms with E-state index in [0.717, 1.165) is 24.5 Å². The molecule has 10 heteroatoms. The minimum atomic E-state index is -4.45. The number of hydrogen-bond donors (Lipinski definition) is 3. The first-order valence-electron chi connectivity index (χ1n) is 12.0. The molecular weight excluding hydrogens is 469 g/mol. The zero-order valence-electron chi connectivity index (χ0n) is 20.0. The topological polar surface area (TPSA) is 91.8 Å². The highest BCUT2D eigenvalue weighted by atomic mass is 19.4. The van der Waals surface area contributed by atoms with E-state index < -0.39 is 11.7 Å². The first kappa shape index (κ1) is 25.4. The average Bonchev–Trinajstić information content (AvgIpc) is 2.86. The van der Waals surface area contributed by atoms with E-state index >= 15 is 0 Å². The number of nitrogens with one attached hydrogen (secondary N) is 3. The molecule has 2 aromatic carbocycles. The predicted molar refractivity (Wildman–Crippen MR) is 131 cm³/mol. The van der Waals surface area contributed by atoms with Gasteiger partial charge >= 0.3 is 6.18 Å². The molecule has 190 valence electrons. The molecule has 1 aromatic heterocycles. The molecule has 1 saturated carbocycles. The van der Waals surface area contributed by atoms with Gasteiger partial charge < -0.3 is 16.0 Å². The molecule has 1 aliphatic carbocycles. The normalized spacial score (nSPS) is 17.9. The Balaban J connectivity index is 1.27. The second kappa shape index (κ2) is 11.4. The van der Waals surface area contributed by atoms with Crippen molar-refractivity contribution >= 4 is 17.8 Å². The van der Waals surface area contributed by atoms with Gasteiger partial charge in [0.25, 0.3) is 0 Å².